The van der Waals surface area contributed by atoms with E-state index in [1.165, 1.54) is 19.3 Å². The monoisotopic (exact) mass is 429 g/mol. The van der Waals surface area contributed by atoms with Crippen molar-refractivity contribution >= 4 is 33.7 Å². The summed E-state index contributed by atoms with van der Waals surface area (Å²) in [6.07, 6.45) is 5.88. The van der Waals surface area contributed by atoms with Gasteiger partial charge < -0.3 is 20.1 Å². The van der Waals surface area contributed by atoms with Crippen LogP contribution in [0.1, 0.15) is 31.7 Å². The molecule has 1 saturated carbocycles. The zero-order valence-corrected chi connectivity index (χ0v) is 17.8. The SMILES string of the molecule is CCNC(=NCc1cc(Br)c(OC)c(OC)c1)NC1CCC(SC)C1. The highest BCUT2D eigenvalue weighted by molar-refractivity contribution is 9.10. The minimum atomic E-state index is 0.507. The Morgan fingerprint density at radius 1 is 1.32 bits per heavy atom. The molecule has 2 atom stereocenters. The summed E-state index contributed by atoms with van der Waals surface area (Å²) < 4.78 is 11.6. The molecule has 0 aliphatic heterocycles. The van der Waals surface area contributed by atoms with Crippen molar-refractivity contribution in [3.8, 4) is 11.5 Å². The molecule has 2 unspecified atom stereocenters. The summed E-state index contributed by atoms with van der Waals surface area (Å²) in [7, 11) is 3.28. The standard InChI is InChI=1S/C18H28BrN3O2S/c1-5-20-18(22-13-6-7-14(10-13)25-4)21-11-12-8-15(19)17(24-3)16(9-12)23-2/h8-9,13-14H,5-7,10-11H2,1-4H3,(H2,20,21,22). The molecule has 7 heteroatoms. The smallest absolute Gasteiger partial charge is 0.191 e. The minimum Gasteiger partial charge on any atom is -0.493 e. The lowest BCUT2D eigenvalue weighted by Crippen LogP contribution is -2.42. The number of aliphatic imine (C=N–C) groups is 1. The molecule has 0 amide bonds. The molecule has 5 nitrogen and oxygen atoms in total. The van der Waals surface area contributed by atoms with Crippen molar-refractivity contribution < 1.29 is 9.47 Å². The summed E-state index contributed by atoms with van der Waals surface area (Å²) in [5.74, 6) is 2.29. The van der Waals surface area contributed by atoms with Crippen molar-refractivity contribution in [2.24, 2.45) is 4.99 Å². The number of ether oxygens (including phenoxy) is 2. The number of hydrogen-bond acceptors (Lipinski definition) is 4. The van der Waals surface area contributed by atoms with Gasteiger partial charge in [0.1, 0.15) is 0 Å². The number of halogens is 1. The van der Waals surface area contributed by atoms with Gasteiger partial charge in [-0.3, -0.25) is 0 Å². The van der Waals surface area contributed by atoms with Crippen molar-refractivity contribution in [3.63, 3.8) is 0 Å². The Hall–Kier alpha value is -1.08. The van der Waals surface area contributed by atoms with Gasteiger partial charge in [-0.15, -0.1) is 0 Å². The van der Waals surface area contributed by atoms with Crippen LogP contribution in [0, 0.1) is 0 Å². The molecule has 1 aliphatic carbocycles. The van der Waals surface area contributed by atoms with E-state index in [1.54, 1.807) is 14.2 Å². The lowest BCUT2D eigenvalue weighted by atomic mass is 10.2. The van der Waals surface area contributed by atoms with Crippen LogP contribution in [0.5, 0.6) is 11.5 Å². The van der Waals surface area contributed by atoms with Crippen molar-refractivity contribution in [2.45, 2.75) is 44.0 Å². The molecular weight excluding hydrogens is 402 g/mol. The Morgan fingerprint density at radius 3 is 2.72 bits per heavy atom. The molecule has 1 aromatic carbocycles. The van der Waals surface area contributed by atoms with Crippen LogP contribution in [-0.4, -0.2) is 44.3 Å². The van der Waals surface area contributed by atoms with E-state index < -0.39 is 0 Å². The third kappa shape index (κ3) is 5.71. The largest absolute Gasteiger partial charge is 0.493 e. The van der Waals surface area contributed by atoms with Gasteiger partial charge in [0.25, 0.3) is 0 Å². The first-order valence-corrected chi connectivity index (χ1v) is 10.7. The second-order valence-electron chi connectivity index (χ2n) is 6.02. The fraction of sp³-hybridized carbons (Fsp3) is 0.611. The number of nitrogens with one attached hydrogen (secondary N) is 2. The van der Waals surface area contributed by atoms with Crippen molar-refractivity contribution in [1.29, 1.82) is 0 Å². The number of nitrogens with zero attached hydrogens (tertiary/aromatic N) is 1. The molecule has 1 fully saturated rings. The van der Waals surface area contributed by atoms with E-state index in [0.717, 1.165) is 27.8 Å². The van der Waals surface area contributed by atoms with Gasteiger partial charge in [0.15, 0.2) is 17.5 Å². The van der Waals surface area contributed by atoms with Gasteiger partial charge in [0.2, 0.25) is 0 Å². The van der Waals surface area contributed by atoms with E-state index in [9.17, 15) is 0 Å². The van der Waals surface area contributed by atoms with Crippen molar-refractivity contribution in [2.75, 3.05) is 27.0 Å². The molecule has 0 spiro atoms. The Morgan fingerprint density at radius 2 is 2.12 bits per heavy atom. The number of hydrogen-bond donors (Lipinski definition) is 2. The number of benzene rings is 1. The van der Waals surface area contributed by atoms with Crippen LogP contribution < -0.4 is 20.1 Å². The van der Waals surface area contributed by atoms with Crippen LogP contribution in [0.15, 0.2) is 21.6 Å². The van der Waals surface area contributed by atoms with Crippen LogP contribution >= 0.6 is 27.7 Å². The van der Waals surface area contributed by atoms with Gasteiger partial charge in [-0.05, 0) is 66.1 Å². The maximum Gasteiger partial charge on any atom is 0.191 e. The molecule has 1 aliphatic rings. The topological polar surface area (TPSA) is 54.9 Å². The first-order valence-electron chi connectivity index (χ1n) is 8.59. The average molecular weight is 430 g/mol. The van der Waals surface area contributed by atoms with Gasteiger partial charge in [-0.1, -0.05) is 0 Å². The predicted molar refractivity (Wildman–Crippen MR) is 110 cm³/mol. The number of thioether (sulfide) groups is 1. The van der Waals surface area contributed by atoms with E-state index in [2.05, 4.69) is 39.7 Å². The molecule has 0 saturated heterocycles. The van der Waals surface area contributed by atoms with Gasteiger partial charge in [-0.2, -0.15) is 11.8 Å². The van der Waals surface area contributed by atoms with E-state index >= 15 is 0 Å². The molecule has 140 valence electrons. The highest BCUT2D eigenvalue weighted by Crippen LogP contribution is 2.36. The predicted octanol–water partition coefficient (Wildman–Crippen LogP) is 3.81. The molecule has 0 aromatic heterocycles. The second-order valence-corrected chi connectivity index (χ2v) is 8.01. The van der Waals surface area contributed by atoms with E-state index in [1.807, 2.05) is 23.9 Å². The maximum atomic E-state index is 5.41. The van der Waals surface area contributed by atoms with Crippen molar-refractivity contribution in [1.82, 2.24) is 10.6 Å². The van der Waals surface area contributed by atoms with Crippen LogP contribution in [0.4, 0.5) is 0 Å². The second kappa shape index (κ2) is 10.2. The van der Waals surface area contributed by atoms with Crippen LogP contribution in [0.3, 0.4) is 0 Å². The van der Waals surface area contributed by atoms with Gasteiger partial charge >= 0.3 is 0 Å². The molecule has 1 aromatic rings. The normalized spacial score (nSPS) is 20.4. The molecule has 25 heavy (non-hydrogen) atoms. The molecule has 0 radical (unpaired) electrons. The zero-order valence-electron chi connectivity index (χ0n) is 15.4. The third-order valence-corrected chi connectivity index (χ3v) is 6.00. The summed E-state index contributed by atoms with van der Waals surface area (Å²) >= 11 is 5.50. The maximum absolute atomic E-state index is 5.41. The fourth-order valence-electron chi connectivity index (χ4n) is 3.03. The quantitative estimate of drug-likeness (QED) is 0.509. The Labute approximate surface area is 163 Å². The van der Waals surface area contributed by atoms with Crippen LogP contribution in [-0.2, 0) is 6.54 Å². The Balaban J connectivity index is 2.07. The number of guanidine groups is 1. The first-order chi connectivity index (χ1) is 12.1. The highest BCUT2D eigenvalue weighted by Gasteiger charge is 2.24. The van der Waals surface area contributed by atoms with Gasteiger partial charge in [0.05, 0.1) is 25.2 Å². The molecule has 2 rings (SSSR count). The molecule has 0 heterocycles. The van der Waals surface area contributed by atoms with Crippen LogP contribution in [0.25, 0.3) is 0 Å². The average Bonchev–Trinajstić information content (AvgIpc) is 3.07. The summed E-state index contributed by atoms with van der Waals surface area (Å²) in [6, 6.07) is 4.50. The Kier molecular flexibility index (Phi) is 8.22. The number of methoxy groups -OCH3 is 2. The lowest BCUT2D eigenvalue weighted by Gasteiger charge is -2.17. The molecule has 0 bridgehead atoms. The van der Waals surface area contributed by atoms with Gasteiger partial charge in [-0.25, -0.2) is 4.99 Å². The first kappa shape index (κ1) is 20.2. The van der Waals surface area contributed by atoms with E-state index in [-0.39, 0.29) is 0 Å². The zero-order chi connectivity index (χ0) is 18.2. The molecular formula is C18H28BrN3O2S. The molecule has 2 N–H and O–H groups in total. The number of rotatable bonds is 7. The minimum absolute atomic E-state index is 0.507. The lowest BCUT2D eigenvalue weighted by molar-refractivity contribution is 0.352. The Bertz CT molecular complexity index is 598. The highest BCUT2D eigenvalue weighted by atomic mass is 79.9. The summed E-state index contributed by atoms with van der Waals surface area (Å²) in [5.41, 5.74) is 1.06. The van der Waals surface area contributed by atoms with E-state index in [0.29, 0.717) is 24.1 Å². The summed E-state index contributed by atoms with van der Waals surface area (Å²) in [4.78, 5) is 4.74. The fourth-order valence-corrected chi connectivity index (χ4v) is 4.48. The van der Waals surface area contributed by atoms with Gasteiger partial charge in [0, 0.05) is 17.8 Å². The van der Waals surface area contributed by atoms with Crippen molar-refractivity contribution in [3.05, 3.63) is 22.2 Å². The van der Waals surface area contributed by atoms with E-state index in [4.69, 9.17) is 14.5 Å². The van der Waals surface area contributed by atoms with Crippen LogP contribution in [0.2, 0.25) is 0 Å². The summed E-state index contributed by atoms with van der Waals surface area (Å²) in [5, 5.41) is 7.68. The third-order valence-electron chi connectivity index (χ3n) is 4.32. The summed E-state index contributed by atoms with van der Waals surface area (Å²) in [6.45, 7) is 3.51.